The van der Waals surface area contributed by atoms with Crippen molar-refractivity contribution in [1.82, 2.24) is 14.8 Å². The minimum Gasteiger partial charge on any atom is -0.486 e. The van der Waals surface area contributed by atoms with Gasteiger partial charge in [0.15, 0.2) is 23.1 Å². The van der Waals surface area contributed by atoms with Gasteiger partial charge in [-0.1, -0.05) is 36.4 Å². The third-order valence-corrected chi connectivity index (χ3v) is 5.36. The molecule has 0 radical (unpaired) electrons. The summed E-state index contributed by atoms with van der Waals surface area (Å²) in [4.78, 5) is 17.3. The number of anilines is 1. The van der Waals surface area contributed by atoms with Crippen LogP contribution in [0.25, 0.3) is 0 Å². The fourth-order valence-electron chi connectivity index (χ4n) is 4.04. The van der Waals surface area contributed by atoms with E-state index in [1.54, 1.807) is 11.6 Å². The van der Waals surface area contributed by atoms with E-state index in [0.717, 1.165) is 16.8 Å². The van der Waals surface area contributed by atoms with Gasteiger partial charge < -0.3 is 14.8 Å². The summed E-state index contributed by atoms with van der Waals surface area (Å²) in [5.74, 6) is 2.72. The van der Waals surface area contributed by atoms with Crippen LogP contribution >= 0.6 is 0 Å². The van der Waals surface area contributed by atoms with Crippen LogP contribution in [0.15, 0.2) is 59.8 Å². The van der Waals surface area contributed by atoms with E-state index in [4.69, 9.17) is 19.6 Å². The average molecular weight is 402 g/mol. The quantitative estimate of drug-likeness (QED) is 0.720. The van der Waals surface area contributed by atoms with Gasteiger partial charge in [-0.2, -0.15) is 10.1 Å². The second-order valence-corrected chi connectivity index (χ2v) is 7.48. The van der Waals surface area contributed by atoms with Gasteiger partial charge in [0.25, 0.3) is 0 Å². The predicted molar refractivity (Wildman–Crippen MR) is 112 cm³/mol. The summed E-state index contributed by atoms with van der Waals surface area (Å²) < 4.78 is 13.2. The fraction of sp³-hybridized carbons (Fsp3) is 0.261. The van der Waals surface area contributed by atoms with Crippen molar-refractivity contribution in [1.29, 1.82) is 0 Å². The lowest BCUT2D eigenvalue weighted by Crippen LogP contribution is -2.28. The molecule has 1 N–H and O–H groups in total. The number of aromatic nitrogens is 3. The van der Waals surface area contributed by atoms with Crippen molar-refractivity contribution in [2.24, 2.45) is 0 Å². The molecule has 2 aliphatic heterocycles. The van der Waals surface area contributed by atoms with Gasteiger partial charge in [-0.3, -0.25) is 4.79 Å². The Kier molecular flexibility index (Phi) is 4.50. The number of hydrogen-bond donors (Lipinski definition) is 1. The maximum atomic E-state index is 12.6. The van der Waals surface area contributed by atoms with Gasteiger partial charge in [0, 0.05) is 17.7 Å². The van der Waals surface area contributed by atoms with Crippen molar-refractivity contribution in [2.75, 3.05) is 18.5 Å². The molecule has 7 nitrogen and oxygen atoms in total. The highest BCUT2D eigenvalue weighted by molar-refractivity contribution is 5.96. The minimum absolute atomic E-state index is 0.00866. The average Bonchev–Trinajstić information content (AvgIpc) is 3.14. The maximum Gasteiger partial charge on any atom is 0.226 e. The molecule has 2 aliphatic rings. The van der Waals surface area contributed by atoms with Crippen molar-refractivity contribution in [3.63, 3.8) is 0 Å². The molecule has 5 rings (SSSR count). The van der Waals surface area contributed by atoms with Crippen molar-refractivity contribution in [3.05, 3.63) is 76.8 Å². The van der Waals surface area contributed by atoms with E-state index >= 15 is 0 Å². The number of nitrogens with zero attached hydrogens (tertiary/aromatic N) is 3. The normalized spacial score (nSPS) is 17.3. The van der Waals surface area contributed by atoms with Crippen LogP contribution in [0.4, 0.5) is 5.95 Å². The van der Waals surface area contributed by atoms with Gasteiger partial charge in [-0.05, 0) is 37.1 Å². The third-order valence-electron chi connectivity index (χ3n) is 5.36. The van der Waals surface area contributed by atoms with Crippen LogP contribution in [-0.2, 0) is 11.2 Å². The van der Waals surface area contributed by atoms with Crippen LogP contribution in [0.5, 0.6) is 11.5 Å². The molecule has 152 valence electrons. The molecule has 0 saturated carbocycles. The molecular formula is C23H22N4O3. The topological polar surface area (TPSA) is 78.3 Å². The number of ether oxygens (including phenoxy) is 2. The van der Waals surface area contributed by atoms with Gasteiger partial charge >= 0.3 is 0 Å². The number of allylic oxidation sites excluding steroid dienone is 2. The zero-order valence-electron chi connectivity index (χ0n) is 16.9. The standard InChI is InChI=1S/C23H22N4O3/c1-14-21(15(2)28)22(17-8-9-18-19(13-17)30-11-10-29-18)27-23(24-14)25-20(26-27)12-16-6-4-3-5-7-16/h3-9,13,22H,10-12H2,1-2H3,(H,24,25,26). The highest BCUT2D eigenvalue weighted by atomic mass is 16.6. The van der Waals surface area contributed by atoms with Crippen LogP contribution in [0, 0.1) is 0 Å². The summed E-state index contributed by atoms with van der Waals surface area (Å²) in [5, 5.41) is 8.02. The number of ketones is 1. The summed E-state index contributed by atoms with van der Waals surface area (Å²) in [5.41, 5.74) is 3.49. The van der Waals surface area contributed by atoms with Gasteiger partial charge in [0.2, 0.25) is 5.95 Å². The number of carbonyl (C=O) groups excluding carboxylic acids is 1. The van der Waals surface area contributed by atoms with E-state index < -0.39 is 0 Å². The molecule has 1 atom stereocenters. The highest BCUT2D eigenvalue weighted by Crippen LogP contribution is 2.39. The highest BCUT2D eigenvalue weighted by Gasteiger charge is 2.33. The number of carbonyl (C=O) groups is 1. The molecule has 0 bridgehead atoms. The lowest BCUT2D eigenvalue weighted by molar-refractivity contribution is -0.114. The zero-order valence-corrected chi connectivity index (χ0v) is 16.9. The Morgan fingerprint density at radius 1 is 1.13 bits per heavy atom. The van der Waals surface area contributed by atoms with Crippen LogP contribution < -0.4 is 14.8 Å². The number of rotatable bonds is 4. The Bertz CT molecular complexity index is 1150. The summed E-state index contributed by atoms with van der Waals surface area (Å²) >= 11 is 0. The van der Waals surface area contributed by atoms with E-state index in [1.165, 1.54) is 0 Å². The predicted octanol–water partition coefficient (Wildman–Crippen LogP) is 3.52. The lowest BCUT2D eigenvalue weighted by Gasteiger charge is -2.29. The maximum absolute atomic E-state index is 12.6. The number of Topliss-reactive ketones (excluding diaryl/α,β-unsaturated/α-hetero) is 1. The summed E-state index contributed by atoms with van der Waals surface area (Å²) in [6, 6.07) is 15.5. The summed E-state index contributed by atoms with van der Waals surface area (Å²) in [7, 11) is 0. The first kappa shape index (κ1) is 18.4. The number of hydrogen-bond acceptors (Lipinski definition) is 6. The minimum atomic E-state index is -0.383. The van der Waals surface area contributed by atoms with Crippen LogP contribution in [0.1, 0.15) is 36.8 Å². The Hall–Kier alpha value is -3.61. The molecule has 30 heavy (non-hydrogen) atoms. The molecule has 0 fully saturated rings. The largest absolute Gasteiger partial charge is 0.486 e. The van der Waals surface area contributed by atoms with E-state index in [2.05, 4.69) is 17.4 Å². The lowest BCUT2D eigenvalue weighted by atomic mass is 9.93. The van der Waals surface area contributed by atoms with E-state index in [1.807, 2.05) is 43.3 Å². The molecule has 0 saturated heterocycles. The SMILES string of the molecule is CC(=O)C1=C(C)Nc2nc(Cc3ccccc3)nn2C1c1ccc2c(c1)OCCO2. The zero-order chi connectivity index (χ0) is 20.7. The van der Waals surface area contributed by atoms with Crippen molar-refractivity contribution < 1.29 is 14.3 Å². The number of benzene rings is 2. The van der Waals surface area contributed by atoms with Gasteiger partial charge in [-0.15, -0.1) is 0 Å². The summed E-state index contributed by atoms with van der Waals surface area (Å²) in [6.07, 6.45) is 0.616. The van der Waals surface area contributed by atoms with E-state index in [9.17, 15) is 4.79 Å². The number of fused-ring (bicyclic) bond motifs is 2. The molecule has 7 heteroatoms. The molecule has 1 aromatic heterocycles. The smallest absolute Gasteiger partial charge is 0.226 e. The molecule has 0 spiro atoms. The van der Waals surface area contributed by atoms with Gasteiger partial charge in [-0.25, -0.2) is 4.68 Å². The van der Waals surface area contributed by atoms with Gasteiger partial charge in [0.1, 0.15) is 19.3 Å². The Labute approximate surface area is 174 Å². The molecule has 3 heterocycles. The van der Waals surface area contributed by atoms with Crippen molar-refractivity contribution in [3.8, 4) is 11.5 Å². The molecule has 2 aromatic carbocycles. The van der Waals surface area contributed by atoms with Gasteiger partial charge in [0.05, 0.1) is 0 Å². The molecule has 0 amide bonds. The first-order chi connectivity index (χ1) is 14.6. The van der Waals surface area contributed by atoms with Crippen LogP contribution in [-0.4, -0.2) is 33.8 Å². The molecule has 0 aliphatic carbocycles. The molecule has 3 aromatic rings. The Balaban J connectivity index is 1.59. The van der Waals surface area contributed by atoms with Crippen molar-refractivity contribution in [2.45, 2.75) is 26.3 Å². The third kappa shape index (κ3) is 3.22. The van der Waals surface area contributed by atoms with Crippen LogP contribution in [0.2, 0.25) is 0 Å². The van der Waals surface area contributed by atoms with Crippen LogP contribution in [0.3, 0.4) is 0 Å². The second kappa shape index (κ2) is 7.33. The first-order valence-corrected chi connectivity index (χ1v) is 9.98. The van der Waals surface area contributed by atoms with Crippen molar-refractivity contribution >= 4 is 11.7 Å². The van der Waals surface area contributed by atoms with E-state index in [-0.39, 0.29) is 11.8 Å². The van der Waals surface area contributed by atoms with E-state index in [0.29, 0.717) is 48.5 Å². The Morgan fingerprint density at radius 2 is 1.90 bits per heavy atom. The second-order valence-electron chi connectivity index (χ2n) is 7.48. The fourth-order valence-corrected chi connectivity index (χ4v) is 4.04. The first-order valence-electron chi connectivity index (χ1n) is 9.98. The molecule has 1 unspecified atom stereocenters. The molecular weight excluding hydrogens is 380 g/mol. The Morgan fingerprint density at radius 3 is 2.67 bits per heavy atom. The monoisotopic (exact) mass is 402 g/mol. The summed E-state index contributed by atoms with van der Waals surface area (Å²) in [6.45, 7) is 4.52. The number of nitrogens with one attached hydrogen (secondary N) is 1.